The molecule has 1 heterocycles. The molecule has 2 N–H and O–H groups in total. The maximum Gasteiger partial charge on any atom is 0.311 e. The smallest absolute Gasteiger partial charge is 0.311 e. The lowest BCUT2D eigenvalue weighted by atomic mass is 10.2. The SMILES string of the molecule is CCOC(=O)CC1=CC(SC(C)C(=O)NCc2ccccc2)=Nc2ccccc2N1. The van der Waals surface area contributed by atoms with E-state index in [-0.39, 0.29) is 23.5 Å². The van der Waals surface area contributed by atoms with E-state index in [0.717, 1.165) is 16.9 Å². The van der Waals surface area contributed by atoms with Crippen LogP contribution >= 0.6 is 11.8 Å². The maximum absolute atomic E-state index is 12.6. The van der Waals surface area contributed by atoms with Gasteiger partial charge in [-0.05, 0) is 37.6 Å². The molecule has 2 aromatic rings. The predicted octanol–water partition coefficient (Wildman–Crippen LogP) is 4.42. The molecule has 0 aliphatic carbocycles. The molecule has 0 saturated heterocycles. The standard InChI is InChI=1S/C23H25N3O3S/c1-3-29-22(27)14-18-13-21(26-20-12-8-7-11-19(20)25-18)30-16(2)23(28)24-15-17-9-5-4-6-10-17/h4-13,16,25H,3,14-15H2,1-2H3,(H,24,28). The summed E-state index contributed by atoms with van der Waals surface area (Å²) in [6, 6.07) is 17.4. The summed E-state index contributed by atoms with van der Waals surface area (Å²) < 4.78 is 5.07. The van der Waals surface area contributed by atoms with Crippen LogP contribution in [0.3, 0.4) is 0 Å². The highest BCUT2D eigenvalue weighted by Gasteiger charge is 2.19. The molecule has 156 valence electrons. The molecule has 6 nitrogen and oxygen atoms in total. The minimum atomic E-state index is -0.349. The lowest BCUT2D eigenvalue weighted by molar-refractivity contribution is -0.142. The van der Waals surface area contributed by atoms with Crippen LogP contribution in [0.25, 0.3) is 0 Å². The van der Waals surface area contributed by atoms with Crippen LogP contribution in [0.4, 0.5) is 11.4 Å². The Kier molecular flexibility index (Phi) is 7.68. The van der Waals surface area contributed by atoms with Gasteiger partial charge in [0.25, 0.3) is 0 Å². The van der Waals surface area contributed by atoms with Crippen LogP contribution in [0, 0.1) is 0 Å². The number of benzene rings is 2. The van der Waals surface area contributed by atoms with E-state index < -0.39 is 0 Å². The number of hydrogen-bond acceptors (Lipinski definition) is 6. The summed E-state index contributed by atoms with van der Waals surface area (Å²) in [5.74, 6) is -0.383. The first-order valence-corrected chi connectivity index (χ1v) is 10.7. The van der Waals surface area contributed by atoms with Gasteiger partial charge >= 0.3 is 5.97 Å². The number of carbonyl (C=O) groups excluding carboxylic acids is 2. The Morgan fingerprint density at radius 2 is 1.87 bits per heavy atom. The molecule has 3 rings (SSSR count). The van der Waals surface area contributed by atoms with Crippen LogP contribution in [0.2, 0.25) is 0 Å². The van der Waals surface area contributed by atoms with Gasteiger partial charge in [-0.1, -0.05) is 54.2 Å². The summed E-state index contributed by atoms with van der Waals surface area (Å²) in [5.41, 5.74) is 3.29. The van der Waals surface area contributed by atoms with E-state index >= 15 is 0 Å². The zero-order valence-corrected chi connectivity index (χ0v) is 17.9. The number of nitrogens with zero attached hydrogens (tertiary/aromatic N) is 1. The van der Waals surface area contributed by atoms with Gasteiger partial charge in [-0.15, -0.1) is 0 Å². The van der Waals surface area contributed by atoms with E-state index in [4.69, 9.17) is 9.73 Å². The summed E-state index contributed by atoms with van der Waals surface area (Å²) in [6.07, 6.45) is 1.92. The molecule has 30 heavy (non-hydrogen) atoms. The van der Waals surface area contributed by atoms with Gasteiger partial charge in [0.05, 0.1) is 34.7 Å². The molecule has 1 aliphatic heterocycles. The second kappa shape index (κ2) is 10.6. The molecule has 0 aromatic heterocycles. The van der Waals surface area contributed by atoms with E-state index in [1.807, 2.05) is 67.6 Å². The Balaban J connectivity index is 1.71. The number of carbonyl (C=O) groups is 2. The molecular formula is C23H25N3O3S. The first-order chi connectivity index (χ1) is 14.5. The largest absolute Gasteiger partial charge is 0.466 e. The Morgan fingerprint density at radius 3 is 2.63 bits per heavy atom. The molecule has 0 fully saturated rings. The van der Waals surface area contributed by atoms with Crippen molar-refractivity contribution in [3.8, 4) is 0 Å². The second-order valence-electron chi connectivity index (χ2n) is 6.71. The highest BCUT2D eigenvalue weighted by atomic mass is 32.2. The summed E-state index contributed by atoms with van der Waals surface area (Å²) >= 11 is 1.35. The monoisotopic (exact) mass is 423 g/mol. The van der Waals surface area contributed by atoms with Gasteiger partial charge in [0.15, 0.2) is 0 Å². The van der Waals surface area contributed by atoms with Gasteiger partial charge in [-0.25, -0.2) is 4.99 Å². The Morgan fingerprint density at radius 1 is 1.13 bits per heavy atom. The minimum Gasteiger partial charge on any atom is -0.466 e. The summed E-state index contributed by atoms with van der Waals surface area (Å²) in [5, 5.41) is 6.53. The molecule has 0 radical (unpaired) electrons. The minimum absolute atomic E-state index is 0.0719. The van der Waals surface area contributed by atoms with E-state index in [9.17, 15) is 9.59 Å². The molecule has 7 heteroatoms. The van der Waals surface area contributed by atoms with Gasteiger partial charge in [0.1, 0.15) is 0 Å². The zero-order chi connectivity index (χ0) is 21.3. The summed E-state index contributed by atoms with van der Waals surface area (Å²) in [7, 11) is 0. The third kappa shape index (κ3) is 6.22. The number of hydrogen-bond donors (Lipinski definition) is 2. The number of fused-ring (bicyclic) bond motifs is 1. The number of amides is 1. The van der Waals surface area contributed by atoms with E-state index in [0.29, 0.717) is 23.9 Å². The van der Waals surface area contributed by atoms with Crippen LogP contribution in [0.1, 0.15) is 25.8 Å². The third-order valence-corrected chi connectivity index (χ3v) is 5.36. The van der Waals surface area contributed by atoms with Gasteiger partial charge in [-0.2, -0.15) is 0 Å². The number of anilines is 1. The molecule has 1 unspecified atom stereocenters. The van der Waals surface area contributed by atoms with Crippen molar-refractivity contribution < 1.29 is 14.3 Å². The maximum atomic E-state index is 12.6. The first kappa shape index (κ1) is 21.6. The quantitative estimate of drug-likeness (QED) is 0.645. The number of ether oxygens (including phenoxy) is 1. The van der Waals surface area contributed by atoms with Crippen LogP contribution in [0.5, 0.6) is 0 Å². The fourth-order valence-electron chi connectivity index (χ4n) is 2.87. The number of aliphatic imine (C=N–C) groups is 1. The average Bonchev–Trinajstić information content (AvgIpc) is 2.91. The Labute approximate surface area is 180 Å². The van der Waals surface area contributed by atoms with Crippen molar-refractivity contribution in [2.45, 2.75) is 32.1 Å². The number of esters is 1. The van der Waals surface area contributed by atoms with Gasteiger partial charge < -0.3 is 15.4 Å². The number of nitrogens with one attached hydrogen (secondary N) is 2. The van der Waals surface area contributed by atoms with Crippen molar-refractivity contribution in [3.63, 3.8) is 0 Å². The number of para-hydroxylation sites is 2. The topological polar surface area (TPSA) is 79.8 Å². The van der Waals surface area contributed by atoms with Crippen LogP contribution in [-0.2, 0) is 20.9 Å². The van der Waals surface area contributed by atoms with E-state index in [1.165, 1.54) is 11.8 Å². The van der Waals surface area contributed by atoms with Crippen molar-refractivity contribution in [2.24, 2.45) is 4.99 Å². The lowest BCUT2D eigenvalue weighted by Crippen LogP contribution is -2.31. The third-order valence-electron chi connectivity index (χ3n) is 4.34. The lowest BCUT2D eigenvalue weighted by Gasteiger charge is -2.12. The number of rotatable bonds is 7. The van der Waals surface area contributed by atoms with Crippen molar-refractivity contribution in [1.29, 1.82) is 0 Å². The molecule has 1 amide bonds. The Bertz CT molecular complexity index is 957. The average molecular weight is 424 g/mol. The predicted molar refractivity (Wildman–Crippen MR) is 122 cm³/mol. The Hall–Kier alpha value is -3.06. The van der Waals surface area contributed by atoms with Crippen LogP contribution in [0.15, 0.2) is 71.4 Å². The molecule has 0 spiro atoms. The normalized spacial score (nSPS) is 13.7. The molecule has 1 aliphatic rings. The van der Waals surface area contributed by atoms with Crippen LogP contribution in [-0.4, -0.2) is 28.8 Å². The number of thioether (sulfide) groups is 1. The summed E-state index contributed by atoms with van der Waals surface area (Å²) in [6.45, 7) is 4.43. The molecule has 2 aromatic carbocycles. The zero-order valence-electron chi connectivity index (χ0n) is 17.1. The fourth-order valence-corrected chi connectivity index (χ4v) is 3.79. The fraction of sp³-hybridized carbons (Fsp3) is 0.261. The molecule has 0 saturated carbocycles. The molecule has 0 bridgehead atoms. The van der Waals surface area contributed by atoms with Crippen molar-refractivity contribution >= 4 is 40.1 Å². The highest BCUT2D eigenvalue weighted by Crippen LogP contribution is 2.32. The van der Waals surface area contributed by atoms with Crippen molar-refractivity contribution in [3.05, 3.63) is 71.9 Å². The van der Waals surface area contributed by atoms with Crippen molar-refractivity contribution in [1.82, 2.24) is 5.32 Å². The first-order valence-electron chi connectivity index (χ1n) is 9.84. The van der Waals surface area contributed by atoms with Crippen molar-refractivity contribution in [2.75, 3.05) is 11.9 Å². The van der Waals surface area contributed by atoms with Gasteiger partial charge in [0.2, 0.25) is 5.91 Å². The molecule has 1 atom stereocenters. The van der Waals surface area contributed by atoms with E-state index in [2.05, 4.69) is 10.6 Å². The second-order valence-corrected chi connectivity index (χ2v) is 8.07. The summed E-state index contributed by atoms with van der Waals surface area (Å²) in [4.78, 5) is 29.2. The van der Waals surface area contributed by atoms with Gasteiger partial charge in [-0.3, -0.25) is 9.59 Å². The molecular weight excluding hydrogens is 398 g/mol. The van der Waals surface area contributed by atoms with Gasteiger partial charge in [0, 0.05) is 12.2 Å². The highest BCUT2D eigenvalue weighted by molar-refractivity contribution is 8.15. The van der Waals surface area contributed by atoms with Crippen LogP contribution < -0.4 is 10.6 Å². The van der Waals surface area contributed by atoms with E-state index in [1.54, 1.807) is 6.92 Å².